The summed E-state index contributed by atoms with van der Waals surface area (Å²) in [5.41, 5.74) is 0. The van der Waals surface area contributed by atoms with E-state index in [4.69, 9.17) is 0 Å². The summed E-state index contributed by atoms with van der Waals surface area (Å²) in [5, 5.41) is 16.8. The van der Waals surface area contributed by atoms with Gasteiger partial charge in [-0.1, -0.05) is 25.0 Å². The maximum atomic E-state index is 3.82. The number of aromatic amines is 1. The molecule has 1 aromatic rings. The van der Waals surface area contributed by atoms with Gasteiger partial charge in [0.1, 0.15) is 0 Å². The summed E-state index contributed by atoms with van der Waals surface area (Å²) < 4.78 is 0. The van der Waals surface area contributed by atoms with Crippen LogP contribution < -0.4 is 5.32 Å². The van der Waals surface area contributed by atoms with Crippen LogP contribution >= 0.6 is 0 Å². The SMILES string of the molecule is CCCCCNCc1nn[nH]n1. The zero-order valence-corrected chi connectivity index (χ0v) is 7.38. The van der Waals surface area contributed by atoms with Crippen molar-refractivity contribution < 1.29 is 0 Å². The second-order valence-electron chi connectivity index (χ2n) is 2.71. The molecule has 5 heteroatoms. The maximum absolute atomic E-state index is 3.82. The van der Waals surface area contributed by atoms with Crippen molar-refractivity contribution in [2.75, 3.05) is 6.54 Å². The van der Waals surface area contributed by atoms with Crippen molar-refractivity contribution in [3.63, 3.8) is 0 Å². The Balaban J connectivity index is 1.96. The predicted molar refractivity (Wildman–Crippen MR) is 45.4 cm³/mol. The summed E-state index contributed by atoms with van der Waals surface area (Å²) in [6.07, 6.45) is 3.75. The smallest absolute Gasteiger partial charge is 0.188 e. The molecule has 1 aromatic heterocycles. The van der Waals surface area contributed by atoms with Crippen LogP contribution in [0.3, 0.4) is 0 Å². The number of aromatic nitrogens is 4. The van der Waals surface area contributed by atoms with Gasteiger partial charge < -0.3 is 5.32 Å². The zero-order valence-electron chi connectivity index (χ0n) is 7.38. The molecular weight excluding hydrogens is 154 g/mol. The van der Waals surface area contributed by atoms with E-state index in [1.165, 1.54) is 19.3 Å². The van der Waals surface area contributed by atoms with E-state index in [2.05, 4.69) is 32.9 Å². The van der Waals surface area contributed by atoms with Crippen LogP contribution in [-0.4, -0.2) is 27.2 Å². The monoisotopic (exact) mass is 169 g/mol. The topological polar surface area (TPSA) is 66.5 Å². The molecule has 0 radical (unpaired) electrons. The third kappa shape index (κ3) is 3.43. The number of nitrogens with zero attached hydrogens (tertiary/aromatic N) is 3. The van der Waals surface area contributed by atoms with E-state index in [1.54, 1.807) is 0 Å². The lowest BCUT2D eigenvalue weighted by molar-refractivity contribution is 0.603. The van der Waals surface area contributed by atoms with E-state index in [-0.39, 0.29) is 0 Å². The molecule has 0 aromatic carbocycles. The highest BCUT2D eigenvalue weighted by Crippen LogP contribution is 1.91. The molecule has 0 unspecified atom stereocenters. The first-order valence-electron chi connectivity index (χ1n) is 4.36. The number of tetrazole rings is 1. The van der Waals surface area contributed by atoms with Crippen LogP contribution in [0, 0.1) is 0 Å². The second kappa shape index (κ2) is 5.65. The van der Waals surface area contributed by atoms with Gasteiger partial charge in [0.15, 0.2) is 5.82 Å². The van der Waals surface area contributed by atoms with E-state index in [1.807, 2.05) is 0 Å². The Labute approximate surface area is 71.9 Å². The number of H-pyrrole nitrogens is 1. The van der Waals surface area contributed by atoms with Crippen LogP contribution in [0.4, 0.5) is 0 Å². The van der Waals surface area contributed by atoms with Gasteiger partial charge in [0, 0.05) is 0 Å². The highest BCUT2D eigenvalue weighted by Gasteiger charge is 1.95. The molecule has 0 atom stereocenters. The van der Waals surface area contributed by atoms with Crippen LogP contribution in [-0.2, 0) is 6.54 Å². The van der Waals surface area contributed by atoms with Crippen LogP contribution in [0.15, 0.2) is 0 Å². The third-order valence-electron chi connectivity index (χ3n) is 1.63. The first kappa shape index (κ1) is 9.12. The van der Waals surface area contributed by atoms with E-state index in [0.717, 1.165) is 12.4 Å². The van der Waals surface area contributed by atoms with Gasteiger partial charge in [-0.15, -0.1) is 10.2 Å². The number of nitrogens with one attached hydrogen (secondary N) is 2. The summed E-state index contributed by atoms with van der Waals surface area (Å²) in [7, 11) is 0. The molecule has 1 heterocycles. The molecule has 0 spiro atoms. The van der Waals surface area contributed by atoms with Crippen LogP contribution in [0.2, 0.25) is 0 Å². The Morgan fingerprint density at radius 2 is 2.33 bits per heavy atom. The fraction of sp³-hybridized carbons (Fsp3) is 0.857. The first-order chi connectivity index (χ1) is 5.93. The maximum Gasteiger partial charge on any atom is 0.188 e. The Hall–Kier alpha value is -0.970. The highest BCUT2D eigenvalue weighted by molar-refractivity contribution is 4.73. The van der Waals surface area contributed by atoms with Crippen LogP contribution in [0.5, 0.6) is 0 Å². The van der Waals surface area contributed by atoms with Crippen molar-refractivity contribution in [1.29, 1.82) is 0 Å². The van der Waals surface area contributed by atoms with Crippen molar-refractivity contribution in [2.24, 2.45) is 0 Å². The number of rotatable bonds is 6. The Morgan fingerprint density at radius 1 is 1.42 bits per heavy atom. The number of hydrogen-bond acceptors (Lipinski definition) is 4. The van der Waals surface area contributed by atoms with Crippen LogP contribution in [0.25, 0.3) is 0 Å². The van der Waals surface area contributed by atoms with Crippen molar-refractivity contribution in [2.45, 2.75) is 32.7 Å². The summed E-state index contributed by atoms with van der Waals surface area (Å²) in [6, 6.07) is 0. The molecule has 2 N–H and O–H groups in total. The molecule has 0 aliphatic rings. The molecule has 0 fully saturated rings. The van der Waals surface area contributed by atoms with Gasteiger partial charge in [-0.05, 0) is 13.0 Å². The average Bonchev–Trinajstić information content (AvgIpc) is 2.57. The summed E-state index contributed by atoms with van der Waals surface area (Å²) >= 11 is 0. The fourth-order valence-electron chi connectivity index (χ4n) is 0.958. The molecule has 0 bridgehead atoms. The molecule has 68 valence electrons. The summed E-state index contributed by atoms with van der Waals surface area (Å²) in [6.45, 7) is 3.93. The molecular formula is C7H15N5. The predicted octanol–water partition coefficient (Wildman–Crippen LogP) is 0.479. The summed E-state index contributed by atoms with van der Waals surface area (Å²) in [5.74, 6) is 0.728. The van der Waals surface area contributed by atoms with Gasteiger partial charge in [-0.2, -0.15) is 5.21 Å². The number of unbranched alkanes of at least 4 members (excludes halogenated alkanes) is 2. The summed E-state index contributed by atoms with van der Waals surface area (Å²) in [4.78, 5) is 0. The minimum atomic E-state index is 0.709. The van der Waals surface area contributed by atoms with Gasteiger partial charge >= 0.3 is 0 Å². The fourth-order valence-corrected chi connectivity index (χ4v) is 0.958. The zero-order chi connectivity index (χ0) is 8.65. The lowest BCUT2D eigenvalue weighted by Crippen LogP contribution is -2.15. The van der Waals surface area contributed by atoms with E-state index in [0.29, 0.717) is 6.54 Å². The molecule has 0 aliphatic carbocycles. The highest BCUT2D eigenvalue weighted by atomic mass is 15.5. The Kier molecular flexibility index (Phi) is 4.30. The molecule has 1 rings (SSSR count). The van der Waals surface area contributed by atoms with Crippen molar-refractivity contribution in [3.8, 4) is 0 Å². The first-order valence-corrected chi connectivity index (χ1v) is 4.36. The van der Waals surface area contributed by atoms with Gasteiger partial charge in [0.2, 0.25) is 0 Å². The molecule has 12 heavy (non-hydrogen) atoms. The Bertz CT molecular complexity index is 184. The van der Waals surface area contributed by atoms with Gasteiger partial charge in [0.05, 0.1) is 6.54 Å². The van der Waals surface area contributed by atoms with Gasteiger partial charge in [-0.3, -0.25) is 0 Å². The quantitative estimate of drug-likeness (QED) is 0.608. The van der Waals surface area contributed by atoms with E-state index < -0.39 is 0 Å². The van der Waals surface area contributed by atoms with Gasteiger partial charge in [-0.25, -0.2) is 0 Å². The largest absolute Gasteiger partial charge is 0.310 e. The molecule has 5 nitrogen and oxygen atoms in total. The lowest BCUT2D eigenvalue weighted by atomic mass is 10.2. The van der Waals surface area contributed by atoms with Crippen LogP contribution in [0.1, 0.15) is 32.0 Å². The number of hydrogen-bond donors (Lipinski definition) is 2. The van der Waals surface area contributed by atoms with Gasteiger partial charge in [0.25, 0.3) is 0 Å². The lowest BCUT2D eigenvalue weighted by Gasteiger charge is -1.99. The molecule has 0 saturated heterocycles. The molecule has 0 saturated carbocycles. The van der Waals surface area contributed by atoms with E-state index in [9.17, 15) is 0 Å². The molecule has 0 amide bonds. The Morgan fingerprint density at radius 3 is 3.00 bits per heavy atom. The van der Waals surface area contributed by atoms with Crippen molar-refractivity contribution >= 4 is 0 Å². The third-order valence-corrected chi connectivity index (χ3v) is 1.63. The van der Waals surface area contributed by atoms with Crippen molar-refractivity contribution in [3.05, 3.63) is 5.82 Å². The minimum Gasteiger partial charge on any atom is -0.310 e. The average molecular weight is 169 g/mol. The standard InChI is InChI=1S/C7H15N5/c1-2-3-4-5-8-6-7-9-11-12-10-7/h8H,2-6H2,1H3,(H,9,10,11,12). The normalized spacial score (nSPS) is 10.4. The van der Waals surface area contributed by atoms with E-state index >= 15 is 0 Å². The second-order valence-corrected chi connectivity index (χ2v) is 2.71. The molecule has 0 aliphatic heterocycles. The van der Waals surface area contributed by atoms with Crippen molar-refractivity contribution in [1.82, 2.24) is 25.9 Å². The minimum absolute atomic E-state index is 0.709.